The first-order chi connectivity index (χ1) is 18.1. The summed E-state index contributed by atoms with van der Waals surface area (Å²) in [6.45, 7) is 0.867. The largest absolute Gasteiger partial charge is 0.376 e. The minimum Gasteiger partial charge on any atom is -0.376 e. The first kappa shape index (κ1) is 25.2. The number of ether oxygens (including phenoxy) is 1. The standard InChI is InChI=1S/C29H31N3O4S/c33-26(19-31-28(34)25-12-6-16-37-25)32(23-14-13-20-9-4-10-22(20)17-23)27(21-7-2-1-3-8-21)29(35)30-18-24-11-5-15-36-24/h1-3,6-8,12-14,16-17,24,27H,4-5,9-11,15,18-19H2,(H,30,35)(H,31,34)/t24-,27-/m0/s1. The zero-order valence-electron chi connectivity index (χ0n) is 20.7. The molecule has 1 saturated heterocycles. The van der Waals surface area contributed by atoms with Crippen molar-refractivity contribution in [1.29, 1.82) is 0 Å². The quantitative estimate of drug-likeness (QED) is 0.449. The highest BCUT2D eigenvalue weighted by molar-refractivity contribution is 7.12. The van der Waals surface area contributed by atoms with Crippen LogP contribution in [0.4, 0.5) is 5.69 Å². The summed E-state index contributed by atoms with van der Waals surface area (Å²) in [6, 6.07) is 17.9. The Morgan fingerprint density at radius 2 is 1.81 bits per heavy atom. The van der Waals surface area contributed by atoms with Crippen molar-refractivity contribution in [3.63, 3.8) is 0 Å². The van der Waals surface area contributed by atoms with E-state index in [1.807, 2.05) is 47.8 Å². The number of nitrogens with zero attached hydrogens (tertiary/aromatic N) is 1. The van der Waals surface area contributed by atoms with Crippen LogP contribution in [0.25, 0.3) is 0 Å². The zero-order chi connectivity index (χ0) is 25.6. The molecule has 0 saturated carbocycles. The first-order valence-electron chi connectivity index (χ1n) is 12.8. The van der Waals surface area contributed by atoms with Gasteiger partial charge in [-0.1, -0.05) is 42.5 Å². The number of rotatable bonds is 9. The Morgan fingerprint density at radius 3 is 2.57 bits per heavy atom. The predicted molar refractivity (Wildman–Crippen MR) is 144 cm³/mol. The summed E-state index contributed by atoms with van der Waals surface area (Å²) in [7, 11) is 0. The molecule has 1 aromatic heterocycles. The molecule has 7 nitrogen and oxygen atoms in total. The van der Waals surface area contributed by atoms with Gasteiger partial charge in [-0.2, -0.15) is 0 Å². The summed E-state index contributed by atoms with van der Waals surface area (Å²) in [6.07, 6.45) is 4.90. The third-order valence-electron chi connectivity index (χ3n) is 6.92. The zero-order valence-corrected chi connectivity index (χ0v) is 21.5. The molecule has 192 valence electrons. The van der Waals surface area contributed by atoms with Crippen LogP contribution in [0.1, 0.15) is 51.7 Å². The summed E-state index contributed by atoms with van der Waals surface area (Å²) >= 11 is 1.31. The Hall–Kier alpha value is -3.49. The fraction of sp³-hybridized carbons (Fsp3) is 0.345. The number of thiophene rings is 1. The maximum atomic E-state index is 13.8. The van der Waals surface area contributed by atoms with Crippen LogP contribution in [0.15, 0.2) is 66.0 Å². The second kappa shape index (κ2) is 11.7. The average Bonchev–Trinajstić information content (AvgIpc) is 3.72. The lowest BCUT2D eigenvalue weighted by molar-refractivity contribution is -0.126. The normalized spacial score (nSPS) is 17.1. The molecule has 0 bridgehead atoms. The van der Waals surface area contributed by atoms with Crippen molar-refractivity contribution in [1.82, 2.24) is 10.6 Å². The number of nitrogens with one attached hydrogen (secondary N) is 2. The molecule has 2 aromatic carbocycles. The molecule has 2 aliphatic rings. The van der Waals surface area contributed by atoms with E-state index in [-0.39, 0.29) is 30.4 Å². The summed E-state index contributed by atoms with van der Waals surface area (Å²) in [5, 5.41) is 7.58. The molecule has 5 rings (SSSR count). The van der Waals surface area contributed by atoms with E-state index in [0.717, 1.165) is 32.1 Å². The molecule has 0 spiro atoms. The minimum absolute atomic E-state index is 0.0189. The lowest BCUT2D eigenvalue weighted by Gasteiger charge is -2.32. The van der Waals surface area contributed by atoms with Gasteiger partial charge in [0.15, 0.2) is 0 Å². The topological polar surface area (TPSA) is 87.7 Å². The monoisotopic (exact) mass is 517 g/mol. The van der Waals surface area contributed by atoms with Crippen molar-refractivity contribution >= 4 is 34.7 Å². The van der Waals surface area contributed by atoms with Crippen molar-refractivity contribution in [3.8, 4) is 0 Å². The predicted octanol–water partition coefficient (Wildman–Crippen LogP) is 4.04. The van der Waals surface area contributed by atoms with Crippen LogP contribution in [0.2, 0.25) is 0 Å². The Kier molecular flexibility index (Phi) is 7.96. The van der Waals surface area contributed by atoms with Gasteiger partial charge < -0.3 is 15.4 Å². The van der Waals surface area contributed by atoms with E-state index in [1.165, 1.54) is 27.4 Å². The summed E-state index contributed by atoms with van der Waals surface area (Å²) in [5.74, 6) is -0.944. The Morgan fingerprint density at radius 1 is 0.973 bits per heavy atom. The molecular weight excluding hydrogens is 486 g/mol. The molecule has 2 N–H and O–H groups in total. The third kappa shape index (κ3) is 5.92. The lowest BCUT2D eigenvalue weighted by atomic mass is 10.0. The van der Waals surface area contributed by atoms with Crippen LogP contribution in [0.5, 0.6) is 0 Å². The van der Waals surface area contributed by atoms with Gasteiger partial charge in [-0.05, 0) is 72.4 Å². The number of carbonyl (C=O) groups excluding carboxylic acids is 3. The highest BCUT2D eigenvalue weighted by atomic mass is 32.1. The highest BCUT2D eigenvalue weighted by Gasteiger charge is 2.34. The van der Waals surface area contributed by atoms with Gasteiger partial charge in [0.25, 0.3) is 5.91 Å². The van der Waals surface area contributed by atoms with Gasteiger partial charge >= 0.3 is 0 Å². The van der Waals surface area contributed by atoms with E-state index in [0.29, 0.717) is 29.3 Å². The van der Waals surface area contributed by atoms with Gasteiger partial charge in [-0.25, -0.2) is 0 Å². The second-order valence-corrected chi connectivity index (χ2v) is 10.4. The van der Waals surface area contributed by atoms with E-state index in [1.54, 1.807) is 12.1 Å². The molecule has 8 heteroatoms. The molecule has 2 heterocycles. The van der Waals surface area contributed by atoms with Crippen molar-refractivity contribution < 1.29 is 19.1 Å². The van der Waals surface area contributed by atoms with Crippen LogP contribution in [0.3, 0.4) is 0 Å². The summed E-state index contributed by atoms with van der Waals surface area (Å²) in [4.78, 5) is 42.2. The fourth-order valence-electron chi connectivity index (χ4n) is 5.05. The van der Waals surface area contributed by atoms with Crippen LogP contribution in [-0.2, 0) is 27.2 Å². The van der Waals surface area contributed by atoms with Crippen molar-refractivity contribution in [3.05, 3.63) is 87.6 Å². The molecule has 3 amide bonds. The Labute approximate surface area is 220 Å². The van der Waals surface area contributed by atoms with Gasteiger partial charge in [0.05, 0.1) is 17.5 Å². The smallest absolute Gasteiger partial charge is 0.261 e. The number of carbonyl (C=O) groups is 3. The van der Waals surface area contributed by atoms with E-state index in [9.17, 15) is 14.4 Å². The van der Waals surface area contributed by atoms with Gasteiger partial charge in [0.1, 0.15) is 6.04 Å². The Balaban J connectivity index is 1.46. The maximum Gasteiger partial charge on any atom is 0.261 e. The van der Waals surface area contributed by atoms with E-state index in [4.69, 9.17) is 4.74 Å². The minimum atomic E-state index is -0.895. The number of fused-ring (bicyclic) bond motifs is 1. The highest BCUT2D eigenvalue weighted by Crippen LogP contribution is 2.32. The molecule has 0 unspecified atom stereocenters. The molecule has 37 heavy (non-hydrogen) atoms. The number of amides is 3. The van der Waals surface area contributed by atoms with Crippen LogP contribution in [0, 0.1) is 0 Å². The van der Waals surface area contributed by atoms with Crippen LogP contribution >= 0.6 is 11.3 Å². The number of anilines is 1. The van der Waals surface area contributed by atoms with E-state index in [2.05, 4.69) is 16.7 Å². The van der Waals surface area contributed by atoms with Gasteiger partial charge in [-0.15, -0.1) is 11.3 Å². The number of hydrogen-bond donors (Lipinski definition) is 2. The first-order valence-corrected chi connectivity index (χ1v) is 13.7. The average molecular weight is 518 g/mol. The Bertz CT molecular complexity index is 1240. The van der Waals surface area contributed by atoms with E-state index < -0.39 is 6.04 Å². The fourth-order valence-corrected chi connectivity index (χ4v) is 5.69. The molecule has 1 aliphatic heterocycles. The number of aryl methyl sites for hydroxylation is 2. The second-order valence-electron chi connectivity index (χ2n) is 9.42. The molecule has 1 fully saturated rings. The summed E-state index contributed by atoms with van der Waals surface area (Å²) in [5.41, 5.74) is 3.83. The molecule has 0 radical (unpaired) electrons. The summed E-state index contributed by atoms with van der Waals surface area (Å²) < 4.78 is 5.69. The number of benzene rings is 2. The van der Waals surface area contributed by atoms with Crippen LogP contribution in [-0.4, -0.2) is 43.5 Å². The van der Waals surface area contributed by atoms with Crippen molar-refractivity contribution in [2.45, 2.75) is 44.2 Å². The molecule has 2 atom stereocenters. The lowest BCUT2D eigenvalue weighted by Crippen LogP contribution is -2.48. The van der Waals surface area contributed by atoms with Gasteiger partial charge in [-0.3, -0.25) is 19.3 Å². The third-order valence-corrected chi connectivity index (χ3v) is 7.79. The van der Waals surface area contributed by atoms with Crippen molar-refractivity contribution in [2.75, 3.05) is 24.6 Å². The van der Waals surface area contributed by atoms with Gasteiger partial charge in [0.2, 0.25) is 11.8 Å². The maximum absolute atomic E-state index is 13.8. The number of hydrogen-bond acceptors (Lipinski definition) is 5. The van der Waals surface area contributed by atoms with Crippen LogP contribution < -0.4 is 15.5 Å². The SMILES string of the molecule is O=C(NCC(=O)N(c1ccc2c(c1)CCC2)[C@H](C(=O)NC[C@@H]1CCCO1)c1ccccc1)c1cccs1. The molecule has 3 aromatic rings. The molecular formula is C29H31N3O4S. The van der Waals surface area contributed by atoms with Gasteiger partial charge in [0, 0.05) is 18.8 Å². The van der Waals surface area contributed by atoms with E-state index >= 15 is 0 Å². The van der Waals surface area contributed by atoms with Crippen molar-refractivity contribution in [2.24, 2.45) is 0 Å². The molecule has 1 aliphatic carbocycles.